The molecule has 2 aromatic rings. The van der Waals surface area contributed by atoms with Crippen LogP contribution in [0.25, 0.3) is 0 Å². The first-order valence-corrected chi connectivity index (χ1v) is 8.22. The van der Waals surface area contributed by atoms with Crippen LogP contribution < -0.4 is 5.73 Å². The van der Waals surface area contributed by atoms with Gasteiger partial charge in [0.15, 0.2) is 9.84 Å². The highest BCUT2D eigenvalue weighted by Gasteiger charge is 2.19. The SMILES string of the molecule is Nc1ccc(S(=O)(=O)Cc2sccc2Br)cc1F. The third-order valence-corrected chi connectivity index (χ3v) is 6.09. The molecule has 0 aliphatic carbocycles. The number of rotatable bonds is 3. The smallest absolute Gasteiger partial charge is 0.183 e. The van der Waals surface area contributed by atoms with Crippen LogP contribution in [0, 0.1) is 5.82 Å². The van der Waals surface area contributed by atoms with E-state index in [1.165, 1.54) is 23.5 Å². The molecule has 0 spiro atoms. The predicted molar refractivity (Wildman–Crippen MR) is 73.7 cm³/mol. The quantitative estimate of drug-likeness (QED) is 0.865. The lowest BCUT2D eigenvalue weighted by Crippen LogP contribution is -2.05. The first kappa shape index (κ1) is 13.5. The van der Waals surface area contributed by atoms with Gasteiger partial charge in [0, 0.05) is 9.35 Å². The van der Waals surface area contributed by atoms with Crippen LogP contribution in [-0.2, 0) is 15.6 Å². The van der Waals surface area contributed by atoms with Gasteiger partial charge in [0.2, 0.25) is 0 Å². The number of hydrogen-bond donors (Lipinski definition) is 1. The summed E-state index contributed by atoms with van der Waals surface area (Å²) in [4.78, 5) is 0.627. The summed E-state index contributed by atoms with van der Waals surface area (Å²) >= 11 is 4.60. The Labute approximate surface area is 116 Å². The Hall–Kier alpha value is -0.920. The number of anilines is 1. The number of halogens is 2. The molecule has 3 nitrogen and oxygen atoms in total. The molecule has 0 atom stereocenters. The highest BCUT2D eigenvalue weighted by molar-refractivity contribution is 9.10. The monoisotopic (exact) mass is 349 g/mol. The standard InChI is InChI=1S/C11H9BrFNO2S2/c12-8-3-4-17-11(8)6-18(15,16)7-1-2-10(14)9(13)5-7/h1-5H,6,14H2. The van der Waals surface area contributed by atoms with E-state index in [1.54, 1.807) is 11.4 Å². The second-order valence-electron chi connectivity index (χ2n) is 3.63. The van der Waals surface area contributed by atoms with Crippen molar-refractivity contribution in [1.82, 2.24) is 0 Å². The average molecular weight is 350 g/mol. The number of nitrogen functional groups attached to an aromatic ring is 1. The van der Waals surface area contributed by atoms with Crippen molar-refractivity contribution in [2.45, 2.75) is 10.6 Å². The summed E-state index contributed by atoms with van der Waals surface area (Å²) in [5.74, 6) is -0.879. The zero-order valence-electron chi connectivity index (χ0n) is 9.06. The summed E-state index contributed by atoms with van der Waals surface area (Å²) in [5.41, 5.74) is 5.25. The van der Waals surface area contributed by atoms with Gasteiger partial charge in [-0.2, -0.15) is 0 Å². The molecule has 0 saturated heterocycles. The van der Waals surface area contributed by atoms with Crippen molar-refractivity contribution >= 4 is 42.8 Å². The molecule has 2 rings (SSSR count). The van der Waals surface area contributed by atoms with Gasteiger partial charge in [-0.05, 0) is 45.6 Å². The van der Waals surface area contributed by atoms with Gasteiger partial charge in [-0.25, -0.2) is 12.8 Å². The van der Waals surface area contributed by atoms with E-state index in [-0.39, 0.29) is 16.3 Å². The maximum atomic E-state index is 13.3. The van der Waals surface area contributed by atoms with Gasteiger partial charge in [0.05, 0.1) is 16.3 Å². The maximum absolute atomic E-state index is 13.3. The van der Waals surface area contributed by atoms with E-state index in [9.17, 15) is 12.8 Å². The molecular weight excluding hydrogens is 341 g/mol. The van der Waals surface area contributed by atoms with Crippen LogP contribution in [0.4, 0.5) is 10.1 Å². The minimum Gasteiger partial charge on any atom is -0.396 e. The molecule has 96 valence electrons. The van der Waals surface area contributed by atoms with Crippen LogP contribution in [0.1, 0.15) is 4.88 Å². The highest BCUT2D eigenvalue weighted by atomic mass is 79.9. The van der Waals surface area contributed by atoms with Gasteiger partial charge >= 0.3 is 0 Å². The second-order valence-corrected chi connectivity index (χ2v) is 7.48. The summed E-state index contributed by atoms with van der Waals surface area (Å²) in [6, 6.07) is 5.30. The van der Waals surface area contributed by atoms with E-state index < -0.39 is 15.7 Å². The Kier molecular flexibility index (Phi) is 3.74. The van der Waals surface area contributed by atoms with Gasteiger partial charge < -0.3 is 5.73 Å². The third-order valence-electron chi connectivity index (χ3n) is 2.34. The molecule has 0 fully saturated rings. The maximum Gasteiger partial charge on any atom is 0.183 e. The predicted octanol–water partition coefficient (Wildman–Crippen LogP) is 3.21. The van der Waals surface area contributed by atoms with Crippen molar-refractivity contribution in [1.29, 1.82) is 0 Å². The van der Waals surface area contributed by atoms with Crippen molar-refractivity contribution in [3.8, 4) is 0 Å². The highest BCUT2D eigenvalue weighted by Crippen LogP contribution is 2.28. The van der Waals surface area contributed by atoms with Crippen LogP contribution in [-0.4, -0.2) is 8.42 Å². The topological polar surface area (TPSA) is 60.2 Å². The summed E-state index contributed by atoms with van der Waals surface area (Å²) in [6.45, 7) is 0. The fourth-order valence-electron chi connectivity index (χ4n) is 1.39. The molecule has 0 amide bonds. The van der Waals surface area contributed by atoms with E-state index >= 15 is 0 Å². The number of nitrogens with two attached hydrogens (primary N) is 1. The molecule has 7 heteroatoms. The molecule has 1 aromatic heterocycles. The first-order chi connectivity index (χ1) is 8.40. The van der Waals surface area contributed by atoms with Gasteiger partial charge in [0.1, 0.15) is 5.82 Å². The van der Waals surface area contributed by atoms with E-state index in [4.69, 9.17) is 5.73 Å². The molecule has 2 N–H and O–H groups in total. The van der Waals surface area contributed by atoms with E-state index in [1.807, 2.05) is 0 Å². The molecule has 1 aromatic carbocycles. The molecule has 0 bridgehead atoms. The normalized spacial score (nSPS) is 11.7. The van der Waals surface area contributed by atoms with Gasteiger partial charge in [-0.15, -0.1) is 11.3 Å². The van der Waals surface area contributed by atoms with Gasteiger partial charge in [-0.3, -0.25) is 0 Å². The van der Waals surface area contributed by atoms with E-state index in [0.29, 0.717) is 4.88 Å². The number of sulfone groups is 1. The van der Waals surface area contributed by atoms with Crippen LogP contribution in [0.2, 0.25) is 0 Å². The zero-order valence-corrected chi connectivity index (χ0v) is 12.3. The Morgan fingerprint density at radius 3 is 2.61 bits per heavy atom. The van der Waals surface area contributed by atoms with E-state index in [2.05, 4.69) is 15.9 Å². The Morgan fingerprint density at radius 1 is 1.33 bits per heavy atom. The summed E-state index contributed by atoms with van der Waals surface area (Å²) in [6.07, 6.45) is 0. The van der Waals surface area contributed by atoms with Crippen LogP contribution in [0.5, 0.6) is 0 Å². The average Bonchev–Trinajstić information content (AvgIpc) is 2.67. The lowest BCUT2D eigenvalue weighted by atomic mass is 10.3. The number of thiophene rings is 1. The van der Waals surface area contributed by atoms with Crippen LogP contribution in [0.3, 0.4) is 0 Å². The molecule has 0 aliphatic rings. The largest absolute Gasteiger partial charge is 0.396 e. The fourth-order valence-corrected chi connectivity index (χ4v) is 4.81. The van der Waals surface area contributed by atoms with E-state index in [0.717, 1.165) is 10.5 Å². The molecule has 0 unspecified atom stereocenters. The molecule has 0 radical (unpaired) electrons. The minimum absolute atomic E-state index is 0.0606. The van der Waals surface area contributed by atoms with Crippen LogP contribution >= 0.6 is 27.3 Å². The first-order valence-electron chi connectivity index (χ1n) is 4.90. The van der Waals surface area contributed by atoms with Gasteiger partial charge in [-0.1, -0.05) is 0 Å². The third kappa shape index (κ3) is 2.73. The molecule has 0 aliphatic heterocycles. The zero-order chi connectivity index (χ0) is 13.3. The summed E-state index contributed by atoms with van der Waals surface area (Å²) in [5, 5.41) is 1.79. The summed E-state index contributed by atoms with van der Waals surface area (Å²) in [7, 11) is -3.56. The Balaban J connectivity index is 2.37. The van der Waals surface area contributed by atoms with Crippen LogP contribution in [0.15, 0.2) is 39.0 Å². The van der Waals surface area contributed by atoms with Gasteiger partial charge in [0.25, 0.3) is 0 Å². The van der Waals surface area contributed by atoms with Crippen molar-refractivity contribution in [2.75, 3.05) is 5.73 Å². The molecule has 18 heavy (non-hydrogen) atoms. The lowest BCUT2D eigenvalue weighted by Gasteiger charge is -2.05. The Morgan fingerprint density at radius 2 is 2.06 bits per heavy atom. The van der Waals surface area contributed by atoms with Crippen molar-refractivity contribution in [3.05, 3.63) is 44.8 Å². The van der Waals surface area contributed by atoms with Crippen molar-refractivity contribution < 1.29 is 12.8 Å². The minimum atomic E-state index is -3.56. The number of hydrogen-bond acceptors (Lipinski definition) is 4. The molecule has 1 heterocycles. The van der Waals surface area contributed by atoms with Crippen molar-refractivity contribution in [2.24, 2.45) is 0 Å². The number of benzene rings is 1. The molecular formula is C11H9BrFNO2S2. The summed E-state index contributed by atoms with van der Waals surface area (Å²) < 4.78 is 38.2. The lowest BCUT2D eigenvalue weighted by molar-refractivity contribution is 0.591. The second kappa shape index (κ2) is 4.99. The Bertz CT molecular complexity index is 682. The fraction of sp³-hybridized carbons (Fsp3) is 0.0909. The molecule has 0 saturated carbocycles. The van der Waals surface area contributed by atoms with Crippen molar-refractivity contribution in [3.63, 3.8) is 0 Å².